The lowest BCUT2D eigenvalue weighted by atomic mass is 10.1. The molecule has 9 heteroatoms. The van der Waals surface area contributed by atoms with Gasteiger partial charge in [-0.3, -0.25) is 0 Å². The van der Waals surface area contributed by atoms with E-state index >= 15 is 0 Å². The Labute approximate surface area is 215 Å². The molecule has 0 amide bonds. The Morgan fingerprint density at radius 3 is 2.36 bits per heavy atom. The molecule has 0 spiro atoms. The van der Waals surface area contributed by atoms with Crippen molar-refractivity contribution in [3.05, 3.63) is 81.2 Å². The molecule has 1 N–H and O–H groups in total. The first kappa shape index (κ1) is 25.3. The molecule has 188 valence electrons. The Bertz CT molecular complexity index is 1290. The number of methoxy groups -OCH3 is 2. The summed E-state index contributed by atoms with van der Waals surface area (Å²) in [6.45, 7) is 4.98. The minimum absolute atomic E-state index is 0.0388. The van der Waals surface area contributed by atoms with E-state index in [2.05, 4.69) is 16.7 Å². The minimum Gasteiger partial charge on any atom is -0.497 e. The molecule has 0 saturated carbocycles. The maximum Gasteiger partial charge on any atom is 0.342 e. The van der Waals surface area contributed by atoms with Crippen LogP contribution >= 0.6 is 11.6 Å². The van der Waals surface area contributed by atoms with Crippen molar-refractivity contribution < 1.29 is 24.1 Å². The quantitative estimate of drug-likeness (QED) is 0.412. The third kappa shape index (κ3) is 5.39. The number of aryl methyl sites for hydroxylation is 1. The maximum absolute atomic E-state index is 13.0. The van der Waals surface area contributed by atoms with E-state index < -0.39 is 5.97 Å². The molecule has 1 saturated heterocycles. The van der Waals surface area contributed by atoms with Crippen LogP contribution in [0.3, 0.4) is 0 Å². The van der Waals surface area contributed by atoms with Crippen LogP contribution in [0.2, 0.25) is 5.02 Å². The molecule has 0 radical (unpaired) electrons. The Morgan fingerprint density at radius 1 is 0.972 bits per heavy atom. The van der Waals surface area contributed by atoms with Gasteiger partial charge in [-0.05, 0) is 48.9 Å². The highest BCUT2D eigenvalue weighted by Crippen LogP contribution is 2.31. The molecule has 0 atom stereocenters. The van der Waals surface area contributed by atoms with Gasteiger partial charge in [0.25, 0.3) is 5.69 Å². The van der Waals surface area contributed by atoms with Crippen LogP contribution in [0.4, 0.5) is 17.1 Å². The fraction of sp³-hybridized carbons (Fsp3) is 0.296. The number of carbonyl (C=O) groups is 1. The molecule has 0 aromatic heterocycles. The predicted octanol–water partition coefficient (Wildman–Crippen LogP) is 5.30. The lowest BCUT2D eigenvalue weighted by Crippen LogP contribution is -2.46. The van der Waals surface area contributed by atoms with Gasteiger partial charge in [-0.25, -0.2) is 4.79 Å². The molecule has 3 aromatic carbocycles. The van der Waals surface area contributed by atoms with Crippen LogP contribution in [0, 0.1) is 11.8 Å². The van der Waals surface area contributed by atoms with Crippen molar-refractivity contribution in [1.82, 2.24) is 0 Å². The standard InChI is InChI=1S/C27H28ClN3O5/c1-18-4-6-20(28)14-25(18)30-12-10-29(11-13-30)21-7-9-24(23(15-21)27(32)33)31(34)17-19-5-8-22(35-2)16-26(19)36-3/h4-9,14-16H,10-13,17H2,1-3H3/p+1. The van der Waals surface area contributed by atoms with Crippen molar-refractivity contribution in [3.63, 3.8) is 0 Å². The van der Waals surface area contributed by atoms with Gasteiger partial charge in [-0.15, -0.1) is 0 Å². The number of anilines is 2. The van der Waals surface area contributed by atoms with Crippen LogP contribution < -0.4 is 19.3 Å². The summed E-state index contributed by atoms with van der Waals surface area (Å²) >= 11 is 6.19. The van der Waals surface area contributed by atoms with Crippen molar-refractivity contribution in [1.29, 1.82) is 0 Å². The molecule has 0 aliphatic carbocycles. The maximum atomic E-state index is 13.0. The number of hydrogen-bond acceptors (Lipinski definition) is 6. The summed E-state index contributed by atoms with van der Waals surface area (Å²) in [6.07, 6.45) is 0. The van der Waals surface area contributed by atoms with E-state index in [4.69, 9.17) is 21.1 Å². The second-order valence-electron chi connectivity index (χ2n) is 8.63. The SMILES string of the molecule is COc1ccc(C[N+](=O)c2ccc(N3CCN(c4cc(Cl)ccc4C)CC3)cc2C(=O)O)c(OC)c1. The molecule has 1 aliphatic rings. The van der Waals surface area contributed by atoms with Crippen molar-refractivity contribution in [2.75, 3.05) is 50.2 Å². The average Bonchev–Trinajstić information content (AvgIpc) is 2.90. The zero-order chi connectivity index (χ0) is 25.8. The van der Waals surface area contributed by atoms with Gasteiger partial charge in [-0.1, -0.05) is 17.7 Å². The number of ether oxygens (including phenoxy) is 2. The van der Waals surface area contributed by atoms with Gasteiger partial charge in [0.05, 0.1) is 19.8 Å². The lowest BCUT2D eigenvalue weighted by molar-refractivity contribution is -0.480. The van der Waals surface area contributed by atoms with Crippen molar-refractivity contribution in [3.8, 4) is 11.5 Å². The zero-order valence-electron chi connectivity index (χ0n) is 20.5. The first-order chi connectivity index (χ1) is 17.3. The molecule has 36 heavy (non-hydrogen) atoms. The summed E-state index contributed by atoms with van der Waals surface area (Å²) in [6, 6.07) is 16.0. The van der Waals surface area contributed by atoms with E-state index in [1.54, 1.807) is 43.5 Å². The second-order valence-corrected chi connectivity index (χ2v) is 9.06. The molecule has 1 aliphatic heterocycles. The first-order valence-electron chi connectivity index (χ1n) is 11.6. The highest BCUT2D eigenvalue weighted by Gasteiger charge is 2.27. The smallest absolute Gasteiger partial charge is 0.342 e. The van der Waals surface area contributed by atoms with E-state index in [1.165, 1.54) is 7.11 Å². The van der Waals surface area contributed by atoms with E-state index in [0.29, 0.717) is 39.9 Å². The van der Waals surface area contributed by atoms with Gasteiger partial charge in [0.15, 0.2) is 0 Å². The number of carboxylic acid groups (broad SMARTS) is 1. The number of benzene rings is 3. The van der Waals surface area contributed by atoms with E-state index in [9.17, 15) is 14.8 Å². The van der Waals surface area contributed by atoms with Crippen molar-refractivity contribution in [2.24, 2.45) is 0 Å². The largest absolute Gasteiger partial charge is 0.497 e. The van der Waals surface area contributed by atoms with Crippen LogP contribution in [-0.4, -0.2) is 56.2 Å². The molecule has 1 heterocycles. The summed E-state index contributed by atoms with van der Waals surface area (Å²) in [5.74, 6) is -0.0478. The summed E-state index contributed by atoms with van der Waals surface area (Å²) in [5, 5.41) is 10.6. The monoisotopic (exact) mass is 510 g/mol. The number of nitroso groups, excluding NO2 is 1. The first-order valence-corrected chi connectivity index (χ1v) is 12.0. The van der Waals surface area contributed by atoms with Crippen molar-refractivity contribution in [2.45, 2.75) is 13.5 Å². The fourth-order valence-corrected chi connectivity index (χ4v) is 4.63. The number of halogens is 1. The Morgan fingerprint density at radius 2 is 1.69 bits per heavy atom. The van der Waals surface area contributed by atoms with Gasteiger partial charge in [0, 0.05) is 64.4 Å². The molecule has 4 rings (SSSR count). The Balaban J connectivity index is 1.51. The number of aromatic carboxylic acids is 1. The zero-order valence-corrected chi connectivity index (χ0v) is 21.3. The Kier molecular flexibility index (Phi) is 7.64. The molecule has 0 bridgehead atoms. The molecule has 1 fully saturated rings. The van der Waals surface area contributed by atoms with Crippen LogP contribution in [0.5, 0.6) is 11.5 Å². The van der Waals surface area contributed by atoms with Crippen LogP contribution in [0.25, 0.3) is 0 Å². The molecular formula is C27H29ClN3O5+. The third-order valence-corrected chi connectivity index (χ3v) is 6.68. The highest BCUT2D eigenvalue weighted by atomic mass is 35.5. The van der Waals surface area contributed by atoms with Gasteiger partial charge >= 0.3 is 5.97 Å². The number of piperazine rings is 1. The van der Waals surface area contributed by atoms with Crippen LogP contribution in [0.1, 0.15) is 21.5 Å². The number of nitrogens with zero attached hydrogens (tertiary/aromatic N) is 3. The van der Waals surface area contributed by atoms with E-state index in [1.807, 2.05) is 18.2 Å². The van der Waals surface area contributed by atoms with Gasteiger partial charge in [0.1, 0.15) is 17.1 Å². The summed E-state index contributed by atoms with van der Waals surface area (Å²) in [7, 11) is 3.06. The second kappa shape index (κ2) is 10.9. The van der Waals surface area contributed by atoms with Crippen LogP contribution in [-0.2, 0) is 6.54 Å². The number of rotatable bonds is 8. The van der Waals surface area contributed by atoms with Crippen LogP contribution in [0.15, 0.2) is 54.6 Å². The summed E-state index contributed by atoms with van der Waals surface area (Å²) in [4.78, 5) is 29.5. The fourth-order valence-electron chi connectivity index (χ4n) is 4.46. The minimum atomic E-state index is -1.15. The number of hydrogen-bond donors (Lipinski definition) is 1. The Hall–Kier alpha value is -3.78. The molecule has 3 aromatic rings. The van der Waals surface area contributed by atoms with E-state index in [0.717, 1.165) is 30.0 Å². The molecule has 8 nitrogen and oxygen atoms in total. The average molecular weight is 511 g/mol. The lowest BCUT2D eigenvalue weighted by Gasteiger charge is -2.38. The predicted molar refractivity (Wildman–Crippen MR) is 141 cm³/mol. The molecule has 0 unspecified atom stereocenters. The van der Waals surface area contributed by atoms with Gasteiger partial charge in [0.2, 0.25) is 6.54 Å². The highest BCUT2D eigenvalue weighted by molar-refractivity contribution is 6.30. The van der Waals surface area contributed by atoms with Gasteiger partial charge in [-0.2, -0.15) is 0 Å². The summed E-state index contributed by atoms with van der Waals surface area (Å²) in [5.41, 5.74) is 3.73. The normalized spacial score (nSPS) is 13.4. The summed E-state index contributed by atoms with van der Waals surface area (Å²) < 4.78 is 11.3. The van der Waals surface area contributed by atoms with Gasteiger partial charge < -0.3 is 24.4 Å². The van der Waals surface area contributed by atoms with E-state index in [-0.39, 0.29) is 17.8 Å². The topological polar surface area (TPSA) is 82.3 Å². The molecular weight excluding hydrogens is 482 g/mol. The third-order valence-electron chi connectivity index (χ3n) is 6.44. The number of carboxylic acids is 1. The van der Waals surface area contributed by atoms with Crippen molar-refractivity contribution >= 4 is 34.6 Å².